The predicted octanol–water partition coefficient (Wildman–Crippen LogP) is 7.54. The average molecular weight is 1060 g/mol. The van der Waals surface area contributed by atoms with Gasteiger partial charge in [0, 0.05) is 105 Å². The molecule has 3 saturated carbocycles. The number of hydrogen-bond acceptors (Lipinski definition) is 15. The van der Waals surface area contributed by atoms with Crippen molar-refractivity contribution < 1.29 is 42.8 Å². The normalized spacial score (nSPS) is 31.6. The van der Waals surface area contributed by atoms with E-state index in [1.807, 2.05) is 25.4 Å². The average Bonchev–Trinajstić information content (AvgIpc) is 3.77. The van der Waals surface area contributed by atoms with Crippen molar-refractivity contribution in [2.24, 2.45) is 17.3 Å². The van der Waals surface area contributed by atoms with Crippen LogP contribution in [-0.4, -0.2) is 150 Å². The summed E-state index contributed by atoms with van der Waals surface area (Å²) < 4.78 is 40.7. The molecule has 0 unspecified atom stereocenters. The number of esters is 1. The number of benzene rings is 1. The van der Waals surface area contributed by atoms with Crippen molar-refractivity contribution in [1.82, 2.24) is 35.2 Å². The van der Waals surface area contributed by atoms with Gasteiger partial charge in [-0.1, -0.05) is 19.9 Å². The molecule has 9 bridgehead atoms. The van der Waals surface area contributed by atoms with Gasteiger partial charge in [-0.25, -0.2) is 15.2 Å². The van der Waals surface area contributed by atoms with Gasteiger partial charge in [-0.05, 0) is 122 Å². The first-order valence-corrected chi connectivity index (χ1v) is 29.1. The van der Waals surface area contributed by atoms with Gasteiger partial charge >= 0.3 is 5.97 Å². The lowest BCUT2D eigenvalue weighted by atomic mass is 9.66. The maximum atomic E-state index is 15.1. The molecule has 1 spiro atoms. The van der Waals surface area contributed by atoms with Gasteiger partial charge in [0.2, 0.25) is 0 Å². The molecule has 10 heterocycles. The van der Waals surface area contributed by atoms with E-state index >= 15 is 4.79 Å². The van der Waals surface area contributed by atoms with Gasteiger partial charge in [-0.3, -0.25) is 24.5 Å². The molecule has 5 atom stereocenters. The lowest BCUT2D eigenvalue weighted by molar-refractivity contribution is -0.181. The highest BCUT2D eigenvalue weighted by atomic mass is 32.1. The first-order chi connectivity index (χ1) is 36.4. The van der Waals surface area contributed by atoms with Gasteiger partial charge in [0.15, 0.2) is 0 Å². The standard InChI is InChI=1S/C58H78N8O9S/c1-9-71-50-48(61-53(68)58-26-38(27-58)34(2)75-58)52(67)66-31-36-24-57(25-36,62-66)54(69)73-33-55(4,5)29-44-42-22-37(45-32-76-51(50)60-45)10-13-46(42)65(19-21-72-41-14-20-74-56(6,7)28-41)49(44)43-23-40(30-59-47(43)35(3)70-8)64-17-15-63(16-18-64)39-11-12-39/h10,13,22-23,30,32,34-36,38-39,41,48,50,62H,9,11-12,14-21,24-29,31,33H2,1-8H3,(H,61,68)/t34-,35-,36?,38?,41-,48-,50-,57?,58?/m0/s1. The van der Waals surface area contributed by atoms with Crippen LogP contribution in [0.1, 0.15) is 128 Å². The number of piperazine rings is 1. The molecule has 0 radical (unpaired) electrons. The van der Waals surface area contributed by atoms with E-state index in [0.29, 0.717) is 69.3 Å². The summed E-state index contributed by atoms with van der Waals surface area (Å²) in [6.45, 7) is 20.9. The summed E-state index contributed by atoms with van der Waals surface area (Å²) in [6.07, 6.45) is 7.90. The van der Waals surface area contributed by atoms with E-state index in [4.69, 9.17) is 38.4 Å². The molecule has 4 aromatic rings. The topological polar surface area (TPSA) is 171 Å². The Morgan fingerprint density at radius 2 is 1.80 bits per heavy atom. The van der Waals surface area contributed by atoms with E-state index in [-0.39, 0.29) is 54.9 Å². The number of methoxy groups -OCH3 is 1. The highest BCUT2D eigenvalue weighted by molar-refractivity contribution is 7.10. The van der Waals surface area contributed by atoms with Gasteiger partial charge in [0.25, 0.3) is 11.8 Å². The van der Waals surface area contributed by atoms with Crippen LogP contribution < -0.4 is 15.6 Å². The maximum absolute atomic E-state index is 15.1. The van der Waals surface area contributed by atoms with Crippen LogP contribution in [0.3, 0.4) is 0 Å². The Balaban J connectivity index is 0.992. The molecular weight excluding hydrogens is 985 g/mol. The summed E-state index contributed by atoms with van der Waals surface area (Å²) in [7, 11) is 1.74. The summed E-state index contributed by atoms with van der Waals surface area (Å²) >= 11 is 1.41. The van der Waals surface area contributed by atoms with Crippen molar-refractivity contribution in [2.45, 2.75) is 166 Å². The van der Waals surface area contributed by atoms with E-state index in [1.54, 1.807) is 7.11 Å². The van der Waals surface area contributed by atoms with Crippen molar-refractivity contribution in [3.8, 4) is 22.5 Å². The molecule has 6 saturated heterocycles. The van der Waals surface area contributed by atoms with E-state index < -0.39 is 34.6 Å². The number of hydrazine groups is 1. The minimum atomic E-state index is -1.16. The second-order valence-corrected chi connectivity index (χ2v) is 25.7. The fourth-order valence-electron chi connectivity index (χ4n) is 13.6. The van der Waals surface area contributed by atoms with E-state index in [9.17, 15) is 9.59 Å². The van der Waals surface area contributed by atoms with E-state index in [0.717, 1.165) is 95.4 Å². The number of amides is 2. The van der Waals surface area contributed by atoms with Gasteiger partial charge in [0.1, 0.15) is 28.3 Å². The zero-order valence-electron chi connectivity index (χ0n) is 45.8. The van der Waals surface area contributed by atoms with Crippen LogP contribution in [-0.2, 0) is 55.8 Å². The van der Waals surface area contributed by atoms with Gasteiger partial charge in [-0.2, -0.15) is 0 Å². The minimum absolute atomic E-state index is 0.0396. The van der Waals surface area contributed by atoms with Crippen LogP contribution in [0, 0.1) is 17.3 Å². The van der Waals surface area contributed by atoms with E-state index in [2.05, 4.69) is 84.0 Å². The highest BCUT2D eigenvalue weighted by Gasteiger charge is 2.62. The second-order valence-electron chi connectivity index (χ2n) is 24.8. The zero-order valence-corrected chi connectivity index (χ0v) is 46.6. The molecule has 14 rings (SSSR count). The van der Waals surface area contributed by atoms with Gasteiger partial charge in [-0.15, -0.1) is 11.3 Å². The smallest absolute Gasteiger partial charge is 0.328 e. The number of ether oxygens (including phenoxy) is 6. The number of fused-ring (bicyclic) bond motifs is 5. The maximum Gasteiger partial charge on any atom is 0.328 e. The van der Waals surface area contributed by atoms with Crippen molar-refractivity contribution in [2.75, 3.05) is 71.2 Å². The molecule has 10 aliphatic rings. The third kappa shape index (κ3) is 9.68. The molecule has 76 heavy (non-hydrogen) atoms. The number of anilines is 1. The Morgan fingerprint density at radius 1 is 1.01 bits per heavy atom. The van der Waals surface area contributed by atoms with Gasteiger partial charge < -0.3 is 43.2 Å². The molecule has 2 N–H and O–H groups in total. The second kappa shape index (κ2) is 20.0. The lowest BCUT2D eigenvalue weighted by Gasteiger charge is -2.55. The molecule has 7 aliphatic heterocycles. The Labute approximate surface area is 451 Å². The Hall–Kier alpha value is -4.53. The number of aromatic nitrogens is 3. The molecule has 2 amide bonds. The molecular formula is C58H78N8O9S. The number of carbonyl (C=O) groups excluding carboxylic acids is 3. The monoisotopic (exact) mass is 1060 g/mol. The molecule has 9 fully saturated rings. The third-order valence-electron chi connectivity index (χ3n) is 18.0. The number of hydrogen-bond donors (Lipinski definition) is 2. The Bertz CT molecular complexity index is 2860. The largest absolute Gasteiger partial charge is 0.464 e. The van der Waals surface area contributed by atoms with Crippen molar-refractivity contribution in [1.29, 1.82) is 0 Å². The SMILES string of the molecule is CCO[C@@H]1c2nc(cs2)-c2ccc3c(c2)c(c(-c2cc(N4CCN(C5CC5)CC4)cnc2[C@H](C)OC)n3CCO[C@H]2CCOC(C)(C)C2)CC(C)(C)COC(=O)C23CC(CN(N2)C(=O)[C@H]1NC(=O)C12CC(C1)[C@H](C)O2)C3. The highest BCUT2D eigenvalue weighted by Crippen LogP contribution is 2.53. The van der Waals surface area contributed by atoms with Crippen LogP contribution in [0.2, 0.25) is 0 Å². The van der Waals surface area contributed by atoms with Crippen LogP contribution >= 0.6 is 11.3 Å². The first-order valence-electron chi connectivity index (χ1n) is 28.2. The third-order valence-corrected chi connectivity index (χ3v) is 18.9. The number of pyridine rings is 1. The Morgan fingerprint density at radius 3 is 2.51 bits per heavy atom. The predicted molar refractivity (Wildman–Crippen MR) is 289 cm³/mol. The molecule has 3 aliphatic carbocycles. The van der Waals surface area contributed by atoms with Crippen LogP contribution in [0.15, 0.2) is 35.8 Å². The Kier molecular flexibility index (Phi) is 13.7. The number of nitrogens with zero attached hydrogens (tertiary/aromatic N) is 6. The van der Waals surface area contributed by atoms with Crippen LogP contribution in [0.5, 0.6) is 0 Å². The molecule has 18 heteroatoms. The fourth-order valence-corrected chi connectivity index (χ4v) is 14.5. The lowest BCUT2D eigenvalue weighted by Crippen LogP contribution is -2.75. The first kappa shape index (κ1) is 52.2. The summed E-state index contributed by atoms with van der Waals surface area (Å²) in [5.74, 6) is -0.720. The number of carbonyl (C=O) groups is 3. The molecule has 17 nitrogen and oxygen atoms in total. The quantitative estimate of drug-likeness (QED) is 0.126. The summed E-state index contributed by atoms with van der Waals surface area (Å²) in [4.78, 5) is 59.8. The van der Waals surface area contributed by atoms with Crippen LogP contribution in [0.4, 0.5) is 5.69 Å². The number of cyclic esters (lactones) is 1. The molecule has 1 aromatic carbocycles. The van der Waals surface area contributed by atoms with E-state index in [1.165, 1.54) is 29.2 Å². The minimum Gasteiger partial charge on any atom is -0.464 e. The van der Waals surface area contributed by atoms with Crippen molar-refractivity contribution in [3.05, 3.63) is 52.1 Å². The summed E-state index contributed by atoms with van der Waals surface area (Å²) in [5.41, 5.74) is 8.19. The fraction of sp³-hybridized carbons (Fsp3) is 0.672. The van der Waals surface area contributed by atoms with Crippen molar-refractivity contribution in [3.63, 3.8) is 0 Å². The summed E-state index contributed by atoms with van der Waals surface area (Å²) in [6, 6.07) is 8.45. The number of rotatable bonds is 13. The molecule has 410 valence electrons. The molecule has 3 aromatic heterocycles. The van der Waals surface area contributed by atoms with Gasteiger partial charge in [0.05, 0.1) is 66.1 Å². The summed E-state index contributed by atoms with van der Waals surface area (Å²) in [5, 5.41) is 8.29. The van der Waals surface area contributed by atoms with Crippen molar-refractivity contribution >= 4 is 45.7 Å². The number of nitrogens with one attached hydrogen (secondary N) is 2. The van der Waals surface area contributed by atoms with Crippen LogP contribution in [0.25, 0.3) is 33.4 Å². The zero-order chi connectivity index (χ0) is 52.9. The number of thiazole rings is 1.